The molecule has 4 aromatic rings. The lowest BCUT2D eigenvalue weighted by atomic mass is 10.0. The Labute approximate surface area is 177 Å². The van der Waals surface area contributed by atoms with Crippen LogP contribution >= 0.6 is 0 Å². The van der Waals surface area contributed by atoms with Crippen LogP contribution in [0, 0.1) is 12.7 Å². The van der Waals surface area contributed by atoms with Crippen molar-refractivity contribution in [3.8, 4) is 0 Å². The van der Waals surface area contributed by atoms with E-state index in [9.17, 15) is 18.8 Å². The number of ketones is 1. The standard InChI is InChI=1S/C24H18FN3O3/c1-15-11-12-17-23(31)18(22(30)16-7-3-2-4-8-16)13-28(24(17)26-15)14-21(29)27-20-10-6-5-9-19(20)25/h2-13H,14H2,1H3,(H,27,29). The highest BCUT2D eigenvalue weighted by Crippen LogP contribution is 2.16. The van der Waals surface area contributed by atoms with Crippen LogP contribution in [-0.2, 0) is 11.3 Å². The Morgan fingerprint density at radius 2 is 1.71 bits per heavy atom. The summed E-state index contributed by atoms with van der Waals surface area (Å²) < 4.78 is 15.3. The average molecular weight is 415 g/mol. The Hall–Kier alpha value is -4.13. The molecule has 0 atom stereocenters. The van der Waals surface area contributed by atoms with Crippen LogP contribution in [0.25, 0.3) is 11.0 Å². The van der Waals surface area contributed by atoms with Gasteiger partial charge >= 0.3 is 0 Å². The van der Waals surface area contributed by atoms with Crippen LogP contribution in [0.2, 0.25) is 0 Å². The van der Waals surface area contributed by atoms with Crippen LogP contribution in [0.1, 0.15) is 21.6 Å². The van der Waals surface area contributed by atoms with Gasteiger partial charge in [0.1, 0.15) is 18.0 Å². The molecule has 0 unspecified atom stereocenters. The van der Waals surface area contributed by atoms with Crippen molar-refractivity contribution >= 4 is 28.4 Å². The van der Waals surface area contributed by atoms with Crippen LogP contribution in [0.4, 0.5) is 10.1 Å². The highest BCUT2D eigenvalue weighted by Gasteiger charge is 2.19. The number of carbonyl (C=O) groups excluding carboxylic acids is 2. The van der Waals surface area contributed by atoms with Gasteiger partial charge in [-0.2, -0.15) is 0 Å². The fraction of sp³-hybridized carbons (Fsp3) is 0.0833. The number of amides is 1. The molecule has 0 spiro atoms. The summed E-state index contributed by atoms with van der Waals surface area (Å²) in [4.78, 5) is 43.0. The largest absolute Gasteiger partial charge is 0.322 e. The topological polar surface area (TPSA) is 81.1 Å². The molecular weight excluding hydrogens is 397 g/mol. The van der Waals surface area contributed by atoms with Crippen LogP contribution in [-0.4, -0.2) is 21.2 Å². The Bertz CT molecular complexity index is 1360. The minimum atomic E-state index is -0.561. The van der Waals surface area contributed by atoms with Crippen molar-refractivity contribution in [1.29, 1.82) is 0 Å². The molecule has 2 heterocycles. The van der Waals surface area contributed by atoms with Crippen molar-refractivity contribution in [1.82, 2.24) is 9.55 Å². The molecule has 0 aliphatic rings. The molecule has 4 rings (SSSR count). The number of carbonyl (C=O) groups is 2. The highest BCUT2D eigenvalue weighted by atomic mass is 19.1. The number of nitrogens with one attached hydrogen (secondary N) is 1. The minimum absolute atomic E-state index is 0.0441. The lowest BCUT2D eigenvalue weighted by Crippen LogP contribution is -2.25. The van der Waals surface area contributed by atoms with Gasteiger partial charge < -0.3 is 9.88 Å². The van der Waals surface area contributed by atoms with E-state index in [-0.39, 0.29) is 28.8 Å². The first-order valence-corrected chi connectivity index (χ1v) is 9.59. The second-order valence-corrected chi connectivity index (χ2v) is 7.05. The number of fused-ring (bicyclic) bond motifs is 1. The molecule has 1 amide bonds. The molecule has 2 aromatic heterocycles. The lowest BCUT2D eigenvalue weighted by molar-refractivity contribution is -0.116. The van der Waals surface area contributed by atoms with E-state index in [1.54, 1.807) is 55.5 Å². The summed E-state index contributed by atoms with van der Waals surface area (Å²) in [7, 11) is 0. The maximum Gasteiger partial charge on any atom is 0.244 e. The predicted molar refractivity (Wildman–Crippen MR) is 116 cm³/mol. The van der Waals surface area contributed by atoms with E-state index in [4.69, 9.17) is 0 Å². The number of pyridine rings is 2. The van der Waals surface area contributed by atoms with Gasteiger partial charge in [-0.05, 0) is 31.2 Å². The number of hydrogen-bond donors (Lipinski definition) is 1. The van der Waals surface area contributed by atoms with Gasteiger partial charge in [0.05, 0.1) is 16.6 Å². The smallest absolute Gasteiger partial charge is 0.244 e. The Kier molecular flexibility index (Phi) is 5.41. The minimum Gasteiger partial charge on any atom is -0.322 e. The molecule has 31 heavy (non-hydrogen) atoms. The number of aryl methyl sites for hydroxylation is 1. The van der Waals surface area contributed by atoms with Crippen molar-refractivity contribution < 1.29 is 14.0 Å². The molecule has 0 fully saturated rings. The number of benzene rings is 2. The van der Waals surface area contributed by atoms with Gasteiger partial charge in [0, 0.05) is 17.5 Å². The molecule has 2 aromatic carbocycles. The first-order chi connectivity index (χ1) is 14.9. The zero-order chi connectivity index (χ0) is 22.0. The number of anilines is 1. The molecule has 0 radical (unpaired) electrons. The number of halogens is 1. The third kappa shape index (κ3) is 4.11. The molecule has 1 N–H and O–H groups in total. The molecule has 0 saturated carbocycles. The van der Waals surface area contributed by atoms with Gasteiger partial charge in [-0.3, -0.25) is 14.4 Å². The first kappa shape index (κ1) is 20.2. The Morgan fingerprint density at radius 3 is 2.45 bits per heavy atom. The summed E-state index contributed by atoms with van der Waals surface area (Å²) in [6.07, 6.45) is 1.34. The lowest BCUT2D eigenvalue weighted by Gasteiger charge is -2.13. The third-order valence-electron chi connectivity index (χ3n) is 4.80. The van der Waals surface area contributed by atoms with Gasteiger partial charge in [-0.25, -0.2) is 9.37 Å². The third-order valence-corrected chi connectivity index (χ3v) is 4.80. The van der Waals surface area contributed by atoms with E-state index in [0.717, 1.165) is 0 Å². The van der Waals surface area contributed by atoms with E-state index in [0.29, 0.717) is 11.3 Å². The zero-order valence-electron chi connectivity index (χ0n) is 16.6. The molecule has 154 valence electrons. The second kappa shape index (κ2) is 8.31. The Balaban J connectivity index is 1.78. The molecule has 0 aliphatic carbocycles. The molecule has 7 heteroatoms. The van der Waals surface area contributed by atoms with Crippen molar-refractivity contribution in [2.75, 3.05) is 5.32 Å². The van der Waals surface area contributed by atoms with Crippen LogP contribution < -0.4 is 10.7 Å². The number of nitrogens with zero attached hydrogens (tertiary/aromatic N) is 2. The quantitative estimate of drug-likeness (QED) is 0.504. The Morgan fingerprint density at radius 1 is 1.00 bits per heavy atom. The van der Waals surface area contributed by atoms with Gasteiger partial charge in [-0.15, -0.1) is 0 Å². The monoisotopic (exact) mass is 415 g/mol. The van der Waals surface area contributed by atoms with Crippen LogP contribution in [0.15, 0.2) is 77.7 Å². The van der Waals surface area contributed by atoms with E-state index in [1.165, 1.54) is 29.0 Å². The van der Waals surface area contributed by atoms with Crippen LogP contribution in [0.5, 0.6) is 0 Å². The van der Waals surface area contributed by atoms with Crippen molar-refractivity contribution in [3.63, 3.8) is 0 Å². The molecular formula is C24H18FN3O3. The van der Waals surface area contributed by atoms with Gasteiger partial charge in [0.15, 0.2) is 5.78 Å². The SMILES string of the molecule is Cc1ccc2c(=O)c(C(=O)c3ccccc3)cn(CC(=O)Nc3ccccc3F)c2n1. The summed E-state index contributed by atoms with van der Waals surface area (Å²) in [6, 6.07) is 17.5. The number of aromatic nitrogens is 2. The zero-order valence-corrected chi connectivity index (χ0v) is 16.6. The molecule has 0 saturated heterocycles. The molecule has 0 bridgehead atoms. The molecule has 0 aliphatic heterocycles. The fourth-order valence-electron chi connectivity index (χ4n) is 3.29. The van der Waals surface area contributed by atoms with Crippen LogP contribution in [0.3, 0.4) is 0 Å². The summed E-state index contributed by atoms with van der Waals surface area (Å²) >= 11 is 0. The van der Waals surface area contributed by atoms with E-state index in [2.05, 4.69) is 10.3 Å². The predicted octanol–water partition coefficient (Wildman–Crippen LogP) is 3.71. The summed E-state index contributed by atoms with van der Waals surface area (Å²) in [5, 5.41) is 2.74. The molecule has 6 nitrogen and oxygen atoms in total. The van der Waals surface area contributed by atoms with Crippen molar-refractivity contribution in [2.45, 2.75) is 13.5 Å². The fourth-order valence-corrected chi connectivity index (χ4v) is 3.29. The highest BCUT2D eigenvalue weighted by molar-refractivity contribution is 6.10. The summed E-state index contributed by atoms with van der Waals surface area (Å²) in [5.41, 5.74) is 0.810. The maximum absolute atomic E-state index is 13.9. The van der Waals surface area contributed by atoms with Gasteiger partial charge in [0.2, 0.25) is 11.3 Å². The van der Waals surface area contributed by atoms with Crippen molar-refractivity contribution in [2.24, 2.45) is 0 Å². The number of para-hydroxylation sites is 1. The first-order valence-electron chi connectivity index (χ1n) is 9.59. The average Bonchev–Trinajstić information content (AvgIpc) is 2.77. The number of hydrogen-bond acceptors (Lipinski definition) is 4. The van der Waals surface area contributed by atoms with Crippen molar-refractivity contribution in [3.05, 3.63) is 106 Å². The summed E-state index contributed by atoms with van der Waals surface area (Å²) in [6.45, 7) is 1.51. The second-order valence-electron chi connectivity index (χ2n) is 7.05. The van der Waals surface area contributed by atoms with Gasteiger partial charge in [0.25, 0.3) is 0 Å². The van der Waals surface area contributed by atoms with Gasteiger partial charge in [-0.1, -0.05) is 42.5 Å². The van der Waals surface area contributed by atoms with E-state index in [1.807, 2.05) is 0 Å². The van der Waals surface area contributed by atoms with E-state index >= 15 is 0 Å². The summed E-state index contributed by atoms with van der Waals surface area (Å²) in [5.74, 6) is -1.53. The normalized spacial score (nSPS) is 10.8. The number of rotatable bonds is 5. The van der Waals surface area contributed by atoms with E-state index < -0.39 is 22.9 Å². The maximum atomic E-state index is 13.9.